The molecule has 1 aromatic rings. The van der Waals surface area contributed by atoms with E-state index in [1.165, 1.54) is 0 Å². The highest BCUT2D eigenvalue weighted by atomic mass is 35.5. The predicted molar refractivity (Wildman–Crippen MR) is 70.4 cm³/mol. The van der Waals surface area contributed by atoms with Crippen LogP contribution in [0.5, 0.6) is 0 Å². The van der Waals surface area contributed by atoms with Gasteiger partial charge in [-0.25, -0.2) is 0 Å². The molecular weight excluding hydrogens is 250 g/mol. The van der Waals surface area contributed by atoms with E-state index in [1.54, 1.807) is 0 Å². The molecule has 2 aliphatic rings. The van der Waals surface area contributed by atoms with Gasteiger partial charge in [0.1, 0.15) is 0 Å². The van der Waals surface area contributed by atoms with E-state index in [1.807, 2.05) is 24.3 Å². The van der Waals surface area contributed by atoms with Gasteiger partial charge in [0.05, 0.1) is 18.3 Å². The first kappa shape index (κ1) is 12.4. The number of fused-ring (bicyclic) bond motifs is 2. The Hall–Kier alpha value is -0.610. The summed E-state index contributed by atoms with van der Waals surface area (Å²) in [7, 11) is 0. The monoisotopic (exact) mass is 267 g/mol. The molecule has 2 fully saturated rings. The molecule has 0 radical (unpaired) electrons. The number of aliphatic hydroxyl groups excluding tert-OH is 1. The molecular formula is C14H18ClNO2. The maximum Gasteiger partial charge on any atom is 0.0884 e. The fourth-order valence-corrected chi connectivity index (χ4v) is 3.66. The van der Waals surface area contributed by atoms with Gasteiger partial charge in [-0.2, -0.15) is 0 Å². The molecule has 2 bridgehead atoms. The highest BCUT2D eigenvalue weighted by Crippen LogP contribution is 2.53. The van der Waals surface area contributed by atoms with Crippen LogP contribution >= 0.6 is 11.6 Å². The minimum atomic E-state index is -0.600. The lowest BCUT2D eigenvalue weighted by molar-refractivity contribution is -0.0264. The number of ether oxygens (including phenoxy) is 1. The fraction of sp³-hybridized carbons (Fsp3) is 0.571. The van der Waals surface area contributed by atoms with Crippen molar-refractivity contribution in [3.8, 4) is 0 Å². The molecule has 2 aliphatic heterocycles. The van der Waals surface area contributed by atoms with Crippen LogP contribution in [-0.4, -0.2) is 23.9 Å². The van der Waals surface area contributed by atoms with Crippen LogP contribution in [0.15, 0.2) is 24.3 Å². The first-order valence-corrected chi connectivity index (χ1v) is 6.82. The van der Waals surface area contributed by atoms with Gasteiger partial charge < -0.3 is 15.6 Å². The summed E-state index contributed by atoms with van der Waals surface area (Å²) >= 11 is 5.99. The fourth-order valence-electron chi connectivity index (χ4n) is 3.46. The highest BCUT2D eigenvalue weighted by Gasteiger charge is 2.55. The summed E-state index contributed by atoms with van der Waals surface area (Å²) in [6, 6.07) is 7.39. The van der Waals surface area contributed by atoms with E-state index < -0.39 is 6.10 Å². The number of rotatable bonds is 3. The van der Waals surface area contributed by atoms with Crippen LogP contribution in [0.3, 0.4) is 0 Å². The number of aliphatic hydroxyl groups is 1. The van der Waals surface area contributed by atoms with E-state index in [4.69, 9.17) is 22.1 Å². The Bertz CT molecular complexity index is 453. The van der Waals surface area contributed by atoms with Crippen molar-refractivity contribution in [3.05, 3.63) is 34.9 Å². The van der Waals surface area contributed by atoms with E-state index in [9.17, 15) is 5.11 Å². The van der Waals surface area contributed by atoms with E-state index >= 15 is 0 Å². The average Bonchev–Trinajstić information content (AvgIpc) is 2.98. The van der Waals surface area contributed by atoms with Crippen molar-refractivity contribution in [2.45, 2.75) is 37.6 Å². The molecule has 2 saturated heterocycles. The van der Waals surface area contributed by atoms with Crippen molar-refractivity contribution in [3.63, 3.8) is 0 Å². The van der Waals surface area contributed by atoms with Gasteiger partial charge >= 0.3 is 0 Å². The Kier molecular flexibility index (Phi) is 3.10. The SMILES string of the molecule is NCC1(C(O)c2cccc(Cl)c2)CC2CCC1O2. The molecule has 3 N–H and O–H groups in total. The number of benzene rings is 1. The van der Waals surface area contributed by atoms with Crippen LogP contribution in [0, 0.1) is 5.41 Å². The second-order valence-electron chi connectivity index (χ2n) is 5.42. The lowest BCUT2D eigenvalue weighted by Crippen LogP contribution is -2.44. The van der Waals surface area contributed by atoms with Crippen LogP contribution < -0.4 is 5.73 Å². The summed E-state index contributed by atoms with van der Waals surface area (Å²) in [6.45, 7) is 0.446. The zero-order chi connectivity index (χ0) is 12.8. The normalized spacial score (nSPS) is 35.9. The molecule has 2 heterocycles. The Balaban J connectivity index is 1.93. The van der Waals surface area contributed by atoms with Gasteiger partial charge in [-0.05, 0) is 37.0 Å². The summed E-state index contributed by atoms with van der Waals surface area (Å²) in [4.78, 5) is 0. The van der Waals surface area contributed by atoms with Crippen molar-refractivity contribution in [2.75, 3.05) is 6.54 Å². The molecule has 0 aromatic heterocycles. The van der Waals surface area contributed by atoms with E-state index in [2.05, 4.69) is 0 Å². The van der Waals surface area contributed by atoms with Crippen LogP contribution in [0.2, 0.25) is 5.02 Å². The molecule has 3 nitrogen and oxygen atoms in total. The second-order valence-corrected chi connectivity index (χ2v) is 5.86. The molecule has 18 heavy (non-hydrogen) atoms. The molecule has 3 rings (SSSR count). The molecule has 0 saturated carbocycles. The first-order chi connectivity index (χ1) is 8.65. The van der Waals surface area contributed by atoms with Crippen molar-refractivity contribution >= 4 is 11.6 Å². The molecule has 4 unspecified atom stereocenters. The minimum absolute atomic E-state index is 0.0847. The van der Waals surface area contributed by atoms with E-state index in [0.717, 1.165) is 24.8 Å². The van der Waals surface area contributed by atoms with Gasteiger partial charge in [0.25, 0.3) is 0 Å². The number of hydrogen-bond donors (Lipinski definition) is 2. The third-order valence-corrected chi connectivity index (χ3v) is 4.68. The average molecular weight is 268 g/mol. The molecule has 98 valence electrons. The summed E-state index contributed by atoms with van der Waals surface area (Å²) in [5.41, 5.74) is 6.46. The van der Waals surface area contributed by atoms with Crippen LogP contribution in [0.25, 0.3) is 0 Å². The zero-order valence-electron chi connectivity index (χ0n) is 10.2. The first-order valence-electron chi connectivity index (χ1n) is 6.45. The highest BCUT2D eigenvalue weighted by molar-refractivity contribution is 6.30. The van der Waals surface area contributed by atoms with Gasteiger partial charge in [-0.15, -0.1) is 0 Å². The molecule has 4 atom stereocenters. The largest absolute Gasteiger partial charge is 0.388 e. The summed E-state index contributed by atoms with van der Waals surface area (Å²) in [5.74, 6) is 0. The lowest BCUT2D eigenvalue weighted by Gasteiger charge is -2.38. The Morgan fingerprint density at radius 3 is 2.89 bits per heavy atom. The van der Waals surface area contributed by atoms with Crippen LogP contribution in [-0.2, 0) is 4.74 Å². The van der Waals surface area contributed by atoms with Crippen LogP contribution in [0.1, 0.15) is 30.9 Å². The predicted octanol–water partition coefficient (Wildman–Crippen LogP) is 2.27. The third-order valence-electron chi connectivity index (χ3n) is 4.45. The summed E-state index contributed by atoms with van der Waals surface area (Å²) in [5, 5.41) is 11.3. The Morgan fingerprint density at radius 2 is 2.33 bits per heavy atom. The van der Waals surface area contributed by atoms with Crippen molar-refractivity contribution in [1.82, 2.24) is 0 Å². The molecule has 1 aromatic carbocycles. The Labute approximate surface area is 112 Å². The van der Waals surface area contributed by atoms with Gasteiger partial charge in [-0.3, -0.25) is 0 Å². The Morgan fingerprint density at radius 1 is 1.50 bits per heavy atom. The van der Waals surface area contributed by atoms with Crippen LogP contribution in [0.4, 0.5) is 0 Å². The summed E-state index contributed by atoms with van der Waals surface area (Å²) < 4.78 is 5.88. The summed E-state index contributed by atoms with van der Waals surface area (Å²) in [6.07, 6.45) is 2.70. The van der Waals surface area contributed by atoms with Gasteiger partial charge in [0.2, 0.25) is 0 Å². The van der Waals surface area contributed by atoms with E-state index in [0.29, 0.717) is 11.6 Å². The van der Waals surface area contributed by atoms with Gasteiger partial charge in [0, 0.05) is 17.0 Å². The zero-order valence-corrected chi connectivity index (χ0v) is 10.9. The van der Waals surface area contributed by atoms with Crippen molar-refractivity contribution in [1.29, 1.82) is 0 Å². The maximum absolute atomic E-state index is 10.7. The third kappa shape index (κ3) is 1.77. The van der Waals surface area contributed by atoms with Gasteiger partial charge in [-0.1, -0.05) is 23.7 Å². The lowest BCUT2D eigenvalue weighted by atomic mass is 9.68. The molecule has 0 amide bonds. The maximum atomic E-state index is 10.7. The minimum Gasteiger partial charge on any atom is -0.388 e. The topological polar surface area (TPSA) is 55.5 Å². The van der Waals surface area contributed by atoms with Crippen molar-refractivity contribution in [2.24, 2.45) is 11.1 Å². The van der Waals surface area contributed by atoms with Gasteiger partial charge in [0.15, 0.2) is 0 Å². The standard InChI is InChI=1S/C14H18ClNO2/c15-10-3-1-2-9(6-10)13(17)14(8-16)7-11-4-5-12(14)18-11/h1-3,6,11-13,17H,4-5,7-8,16H2. The van der Waals surface area contributed by atoms with Crippen molar-refractivity contribution < 1.29 is 9.84 Å². The smallest absolute Gasteiger partial charge is 0.0884 e. The quantitative estimate of drug-likeness (QED) is 0.883. The number of halogens is 1. The molecule has 4 heteroatoms. The van der Waals surface area contributed by atoms with E-state index in [-0.39, 0.29) is 17.6 Å². The molecule has 0 spiro atoms. The molecule has 0 aliphatic carbocycles. The second kappa shape index (κ2) is 4.49. The number of hydrogen-bond acceptors (Lipinski definition) is 3. The number of nitrogens with two attached hydrogens (primary N) is 1.